The fourth-order valence-corrected chi connectivity index (χ4v) is 2.44. The van der Waals surface area contributed by atoms with Gasteiger partial charge in [0.1, 0.15) is 0 Å². The smallest absolute Gasteiger partial charge is 0.319 e. The zero-order valence-electron chi connectivity index (χ0n) is 7.56. The molecule has 0 saturated heterocycles. The van der Waals surface area contributed by atoms with Gasteiger partial charge in [0.15, 0.2) is 0 Å². The Morgan fingerprint density at radius 3 is 3.00 bits per heavy atom. The van der Waals surface area contributed by atoms with Crippen molar-refractivity contribution in [3.05, 3.63) is 18.2 Å². The number of nitrogens with two attached hydrogens (primary N) is 2. The Bertz CT molecular complexity index is 380. The van der Waals surface area contributed by atoms with E-state index in [-0.39, 0.29) is 0 Å². The number of hydrogen-bond donors (Lipinski definition) is 2. The summed E-state index contributed by atoms with van der Waals surface area (Å²) in [6.45, 7) is 0.649. The van der Waals surface area contributed by atoms with Gasteiger partial charge in [-0.3, -0.25) is 4.90 Å². The Labute approximate surface area is 86.2 Å². The van der Waals surface area contributed by atoms with E-state index in [4.69, 9.17) is 11.5 Å². The van der Waals surface area contributed by atoms with Gasteiger partial charge < -0.3 is 11.5 Å². The molecule has 5 heteroatoms. The van der Waals surface area contributed by atoms with Gasteiger partial charge >= 0.3 is 6.03 Å². The predicted molar refractivity (Wildman–Crippen MR) is 58.5 cm³/mol. The van der Waals surface area contributed by atoms with Crippen LogP contribution in [0.1, 0.15) is 0 Å². The van der Waals surface area contributed by atoms with Gasteiger partial charge in [-0.05, 0) is 18.2 Å². The summed E-state index contributed by atoms with van der Waals surface area (Å²) >= 11 is 1.71. The topological polar surface area (TPSA) is 72.4 Å². The van der Waals surface area contributed by atoms with Gasteiger partial charge in [0.2, 0.25) is 0 Å². The minimum Gasteiger partial charge on any atom is -0.399 e. The van der Waals surface area contributed by atoms with E-state index in [0.717, 1.165) is 16.3 Å². The Morgan fingerprint density at radius 1 is 1.50 bits per heavy atom. The molecule has 1 aromatic rings. The number of carbonyl (C=O) groups is 1. The van der Waals surface area contributed by atoms with Crippen molar-refractivity contribution >= 4 is 29.2 Å². The van der Waals surface area contributed by atoms with E-state index in [0.29, 0.717) is 12.2 Å². The Balaban J connectivity index is 2.46. The molecule has 1 aliphatic rings. The number of nitrogen functional groups attached to an aromatic ring is 1. The second kappa shape index (κ2) is 3.42. The van der Waals surface area contributed by atoms with E-state index in [9.17, 15) is 4.79 Å². The third-order valence-electron chi connectivity index (χ3n) is 2.11. The molecule has 0 atom stereocenters. The highest BCUT2D eigenvalue weighted by Crippen LogP contribution is 2.35. The summed E-state index contributed by atoms with van der Waals surface area (Å²) in [6.07, 6.45) is 0. The van der Waals surface area contributed by atoms with Gasteiger partial charge in [-0.2, -0.15) is 0 Å². The number of amides is 2. The first-order valence-corrected chi connectivity index (χ1v) is 5.26. The van der Waals surface area contributed by atoms with Gasteiger partial charge in [-0.1, -0.05) is 0 Å². The number of urea groups is 1. The summed E-state index contributed by atoms with van der Waals surface area (Å²) in [5.74, 6) is 0.875. The molecule has 0 fully saturated rings. The van der Waals surface area contributed by atoms with Crippen LogP contribution in [0.15, 0.2) is 23.1 Å². The normalized spacial score (nSPS) is 15.0. The molecule has 74 valence electrons. The maximum atomic E-state index is 11.1. The SMILES string of the molecule is NC(=O)N1CCSc2ccc(N)cc21. The molecule has 1 aliphatic heterocycles. The summed E-state index contributed by atoms with van der Waals surface area (Å²) in [5.41, 5.74) is 12.4. The van der Waals surface area contributed by atoms with Crippen molar-refractivity contribution in [1.82, 2.24) is 0 Å². The lowest BCUT2D eigenvalue weighted by atomic mass is 10.2. The van der Waals surface area contributed by atoms with E-state index in [2.05, 4.69) is 0 Å². The molecule has 2 rings (SSSR count). The summed E-state index contributed by atoms with van der Waals surface area (Å²) in [7, 11) is 0. The molecule has 2 amide bonds. The van der Waals surface area contributed by atoms with Crippen LogP contribution in [0, 0.1) is 0 Å². The molecule has 1 heterocycles. The number of thioether (sulfide) groups is 1. The van der Waals surface area contributed by atoms with Crippen molar-refractivity contribution in [2.24, 2.45) is 5.73 Å². The number of anilines is 2. The number of rotatable bonds is 0. The van der Waals surface area contributed by atoms with Crippen LogP contribution >= 0.6 is 11.8 Å². The molecule has 0 spiro atoms. The highest BCUT2D eigenvalue weighted by Gasteiger charge is 2.20. The number of benzene rings is 1. The van der Waals surface area contributed by atoms with Crippen LogP contribution < -0.4 is 16.4 Å². The van der Waals surface area contributed by atoms with Gasteiger partial charge in [-0.25, -0.2) is 4.79 Å². The second-order valence-corrected chi connectivity index (χ2v) is 4.20. The Morgan fingerprint density at radius 2 is 2.29 bits per heavy atom. The molecule has 4 N–H and O–H groups in total. The van der Waals surface area contributed by atoms with Crippen LogP contribution in [0.4, 0.5) is 16.2 Å². The van der Waals surface area contributed by atoms with Crippen LogP contribution in [-0.4, -0.2) is 18.3 Å². The molecule has 1 aromatic carbocycles. The molecular weight excluding hydrogens is 198 g/mol. The predicted octanol–water partition coefficient (Wildman–Crippen LogP) is 1.26. The third-order valence-corrected chi connectivity index (χ3v) is 3.16. The minimum atomic E-state index is -0.419. The summed E-state index contributed by atoms with van der Waals surface area (Å²) in [5, 5.41) is 0. The fourth-order valence-electron chi connectivity index (χ4n) is 1.46. The van der Waals surface area contributed by atoms with Gasteiger partial charge in [0, 0.05) is 22.9 Å². The molecule has 0 radical (unpaired) electrons. The molecule has 0 aromatic heterocycles. The van der Waals surface area contributed by atoms with E-state index in [1.807, 2.05) is 12.1 Å². The zero-order chi connectivity index (χ0) is 10.1. The first kappa shape index (κ1) is 9.21. The largest absolute Gasteiger partial charge is 0.399 e. The number of fused-ring (bicyclic) bond motifs is 1. The van der Waals surface area contributed by atoms with E-state index in [1.165, 1.54) is 0 Å². The monoisotopic (exact) mass is 209 g/mol. The lowest BCUT2D eigenvalue weighted by Gasteiger charge is -2.27. The van der Waals surface area contributed by atoms with Crippen LogP contribution in [0.3, 0.4) is 0 Å². The highest BCUT2D eigenvalue weighted by molar-refractivity contribution is 7.99. The molecule has 0 saturated carbocycles. The molecule has 14 heavy (non-hydrogen) atoms. The first-order valence-electron chi connectivity index (χ1n) is 4.28. The van der Waals surface area contributed by atoms with Crippen LogP contribution in [0.5, 0.6) is 0 Å². The summed E-state index contributed by atoms with van der Waals surface area (Å²) in [4.78, 5) is 13.7. The average molecular weight is 209 g/mol. The Kier molecular flexibility index (Phi) is 2.25. The molecule has 0 aliphatic carbocycles. The first-order chi connectivity index (χ1) is 6.68. The van der Waals surface area contributed by atoms with Crippen molar-refractivity contribution in [3.8, 4) is 0 Å². The Hall–Kier alpha value is -1.36. The lowest BCUT2D eigenvalue weighted by Crippen LogP contribution is -2.39. The van der Waals surface area contributed by atoms with E-state index < -0.39 is 6.03 Å². The quantitative estimate of drug-likeness (QED) is 0.632. The fraction of sp³-hybridized carbons (Fsp3) is 0.222. The zero-order valence-corrected chi connectivity index (χ0v) is 8.38. The molecule has 0 unspecified atom stereocenters. The van der Waals surface area contributed by atoms with Gasteiger partial charge in [0.05, 0.1) is 5.69 Å². The van der Waals surface area contributed by atoms with Crippen molar-refractivity contribution < 1.29 is 4.79 Å². The molecule has 0 bridgehead atoms. The van der Waals surface area contributed by atoms with Crippen molar-refractivity contribution in [2.45, 2.75) is 4.90 Å². The van der Waals surface area contributed by atoms with E-state index >= 15 is 0 Å². The number of hydrogen-bond acceptors (Lipinski definition) is 3. The molecule has 4 nitrogen and oxygen atoms in total. The van der Waals surface area contributed by atoms with Crippen molar-refractivity contribution in [1.29, 1.82) is 0 Å². The van der Waals surface area contributed by atoms with Crippen molar-refractivity contribution in [2.75, 3.05) is 22.9 Å². The maximum Gasteiger partial charge on any atom is 0.319 e. The standard InChI is InChI=1S/C9H11N3OS/c10-6-1-2-8-7(5-6)12(9(11)13)3-4-14-8/h1-2,5H,3-4,10H2,(H2,11,13). The van der Waals surface area contributed by atoms with Crippen molar-refractivity contribution in [3.63, 3.8) is 0 Å². The highest BCUT2D eigenvalue weighted by atomic mass is 32.2. The van der Waals surface area contributed by atoms with E-state index in [1.54, 1.807) is 22.7 Å². The second-order valence-electron chi connectivity index (χ2n) is 3.07. The van der Waals surface area contributed by atoms with Crippen LogP contribution in [0.25, 0.3) is 0 Å². The summed E-state index contributed by atoms with van der Waals surface area (Å²) in [6, 6.07) is 5.12. The maximum absolute atomic E-state index is 11.1. The van der Waals surface area contributed by atoms with Gasteiger partial charge in [-0.15, -0.1) is 11.8 Å². The third kappa shape index (κ3) is 1.50. The average Bonchev–Trinajstić information content (AvgIpc) is 2.16. The lowest BCUT2D eigenvalue weighted by molar-refractivity contribution is 0.254. The number of carbonyl (C=O) groups excluding carboxylic acids is 1. The molecular formula is C9H11N3OS. The summed E-state index contributed by atoms with van der Waals surface area (Å²) < 4.78 is 0. The number of nitrogens with zero attached hydrogens (tertiary/aromatic N) is 1. The number of primary amides is 1. The van der Waals surface area contributed by atoms with Crippen LogP contribution in [0.2, 0.25) is 0 Å². The van der Waals surface area contributed by atoms with Gasteiger partial charge in [0.25, 0.3) is 0 Å². The minimum absolute atomic E-state index is 0.419. The van der Waals surface area contributed by atoms with Crippen LogP contribution in [-0.2, 0) is 0 Å².